The molecule has 1 aromatic carbocycles. The first-order valence-corrected chi connectivity index (χ1v) is 11.3. The van der Waals surface area contributed by atoms with Crippen molar-refractivity contribution in [1.29, 1.82) is 0 Å². The Hall–Kier alpha value is -2.83. The van der Waals surface area contributed by atoms with E-state index in [2.05, 4.69) is 35.5 Å². The first-order valence-electron chi connectivity index (χ1n) is 11.3. The summed E-state index contributed by atoms with van der Waals surface area (Å²) in [5.74, 6) is 1.06. The third-order valence-electron chi connectivity index (χ3n) is 5.83. The Balaban J connectivity index is 1.32. The van der Waals surface area contributed by atoms with Crippen molar-refractivity contribution in [3.05, 3.63) is 41.7 Å². The van der Waals surface area contributed by atoms with Crippen molar-refractivity contribution < 1.29 is 14.3 Å². The maximum Gasteiger partial charge on any atom is 0.227 e. The van der Waals surface area contributed by atoms with Gasteiger partial charge >= 0.3 is 0 Å². The summed E-state index contributed by atoms with van der Waals surface area (Å²) in [6, 6.07) is 6.20. The number of piperidine rings is 1. The highest BCUT2D eigenvalue weighted by molar-refractivity contribution is 5.92. The van der Waals surface area contributed by atoms with Crippen LogP contribution in [0.1, 0.15) is 50.2 Å². The van der Waals surface area contributed by atoms with Gasteiger partial charge in [-0.1, -0.05) is 12.1 Å². The van der Waals surface area contributed by atoms with E-state index < -0.39 is 0 Å². The summed E-state index contributed by atoms with van der Waals surface area (Å²) in [4.78, 5) is 26.9. The SMILES string of the molecule is CCn1cc(NC(=O)C2CCN(C(=O)CCCCOc3cc(C)ccc3C)CC2)cn1. The van der Waals surface area contributed by atoms with Gasteiger partial charge in [0, 0.05) is 38.2 Å². The molecule has 1 saturated heterocycles. The molecule has 0 aliphatic carbocycles. The minimum atomic E-state index is -0.0556. The minimum Gasteiger partial charge on any atom is -0.493 e. The molecule has 31 heavy (non-hydrogen) atoms. The van der Waals surface area contributed by atoms with Crippen molar-refractivity contribution in [3.8, 4) is 5.75 Å². The van der Waals surface area contributed by atoms with E-state index in [1.807, 2.05) is 24.9 Å². The second-order valence-corrected chi connectivity index (χ2v) is 8.30. The van der Waals surface area contributed by atoms with Crippen molar-refractivity contribution in [1.82, 2.24) is 14.7 Å². The van der Waals surface area contributed by atoms with Crippen molar-refractivity contribution in [2.24, 2.45) is 5.92 Å². The van der Waals surface area contributed by atoms with Gasteiger partial charge in [-0.05, 0) is 63.6 Å². The molecule has 0 spiro atoms. The molecule has 0 saturated carbocycles. The number of aryl methyl sites for hydroxylation is 3. The van der Waals surface area contributed by atoms with Crippen LogP contribution in [-0.4, -0.2) is 46.2 Å². The molecule has 3 rings (SSSR count). The summed E-state index contributed by atoms with van der Waals surface area (Å²) in [6.07, 6.45) is 7.10. The number of hydrogen-bond acceptors (Lipinski definition) is 4. The largest absolute Gasteiger partial charge is 0.493 e. The Morgan fingerprint density at radius 3 is 2.68 bits per heavy atom. The molecule has 0 bridgehead atoms. The average Bonchev–Trinajstić information content (AvgIpc) is 3.23. The number of ether oxygens (including phenoxy) is 1. The highest BCUT2D eigenvalue weighted by atomic mass is 16.5. The summed E-state index contributed by atoms with van der Waals surface area (Å²) in [5.41, 5.74) is 3.05. The fraction of sp³-hybridized carbons (Fsp3) is 0.542. The van der Waals surface area contributed by atoms with E-state index in [-0.39, 0.29) is 17.7 Å². The number of carbonyl (C=O) groups excluding carboxylic acids is 2. The summed E-state index contributed by atoms with van der Waals surface area (Å²) in [5, 5.41) is 7.12. The molecule has 2 amide bonds. The molecule has 0 atom stereocenters. The lowest BCUT2D eigenvalue weighted by Gasteiger charge is -2.31. The van der Waals surface area contributed by atoms with E-state index in [4.69, 9.17) is 4.74 Å². The van der Waals surface area contributed by atoms with Crippen molar-refractivity contribution in [3.63, 3.8) is 0 Å². The van der Waals surface area contributed by atoms with Crippen LogP contribution in [0.4, 0.5) is 5.69 Å². The third kappa shape index (κ3) is 6.57. The second-order valence-electron chi connectivity index (χ2n) is 8.30. The zero-order valence-electron chi connectivity index (χ0n) is 18.9. The molecule has 0 unspecified atom stereocenters. The first-order chi connectivity index (χ1) is 15.0. The van der Waals surface area contributed by atoms with E-state index in [0.29, 0.717) is 39.0 Å². The number of hydrogen-bond donors (Lipinski definition) is 1. The van der Waals surface area contributed by atoms with Crippen LogP contribution in [0.5, 0.6) is 5.75 Å². The number of benzene rings is 1. The van der Waals surface area contributed by atoms with Crippen LogP contribution in [0.15, 0.2) is 30.6 Å². The Morgan fingerprint density at radius 2 is 1.97 bits per heavy atom. The molecule has 1 fully saturated rings. The van der Waals surface area contributed by atoms with Gasteiger partial charge in [0.05, 0.1) is 18.5 Å². The Bertz CT molecular complexity index is 885. The summed E-state index contributed by atoms with van der Waals surface area (Å²) in [6.45, 7) is 8.78. The van der Waals surface area contributed by atoms with Gasteiger partial charge in [0.25, 0.3) is 0 Å². The molecule has 2 heterocycles. The van der Waals surface area contributed by atoms with E-state index in [1.165, 1.54) is 5.56 Å². The van der Waals surface area contributed by atoms with Crippen LogP contribution >= 0.6 is 0 Å². The van der Waals surface area contributed by atoms with Crippen LogP contribution in [0.3, 0.4) is 0 Å². The van der Waals surface area contributed by atoms with Gasteiger partial charge in [-0.15, -0.1) is 0 Å². The highest BCUT2D eigenvalue weighted by Gasteiger charge is 2.27. The standard InChI is InChI=1S/C24H34N4O3/c1-4-28-17-21(16-25-28)26-24(30)20-10-12-27(13-11-20)23(29)7-5-6-14-31-22-15-18(2)8-9-19(22)3/h8-9,15-17,20H,4-7,10-14H2,1-3H3,(H,26,30). The molecule has 1 aromatic heterocycles. The third-order valence-corrected chi connectivity index (χ3v) is 5.83. The number of nitrogens with one attached hydrogen (secondary N) is 1. The summed E-state index contributed by atoms with van der Waals surface area (Å²) in [7, 11) is 0. The lowest BCUT2D eigenvalue weighted by atomic mass is 9.95. The van der Waals surface area contributed by atoms with Gasteiger partial charge < -0.3 is 15.0 Å². The maximum absolute atomic E-state index is 12.5. The van der Waals surface area contributed by atoms with Crippen LogP contribution in [0.25, 0.3) is 0 Å². The molecule has 1 aliphatic rings. The number of amides is 2. The molecule has 0 radical (unpaired) electrons. The lowest BCUT2D eigenvalue weighted by molar-refractivity contribution is -0.134. The first kappa shape index (κ1) is 22.8. The maximum atomic E-state index is 12.5. The predicted molar refractivity (Wildman–Crippen MR) is 121 cm³/mol. The van der Waals surface area contributed by atoms with Crippen molar-refractivity contribution >= 4 is 17.5 Å². The van der Waals surface area contributed by atoms with E-state index in [9.17, 15) is 9.59 Å². The van der Waals surface area contributed by atoms with Gasteiger partial charge in [0.1, 0.15) is 5.75 Å². The van der Waals surface area contributed by atoms with Crippen LogP contribution in [-0.2, 0) is 16.1 Å². The number of likely N-dealkylation sites (tertiary alicyclic amines) is 1. The van der Waals surface area contributed by atoms with Gasteiger partial charge in [-0.2, -0.15) is 5.10 Å². The Kier molecular flexibility index (Phi) is 8.09. The number of aromatic nitrogens is 2. The van der Waals surface area contributed by atoms with Crippen LogP contribution < -0.4 is 10.1 Å². The van der Waals surface area contributed by atoms with Crippen molar-refractivity contribution in [2.45, 2.75) is 59.4 Å². The van der Waals surface area contributed by atoms with E-state index in [1.54, 1.807) is 10.9 Å². The zero-order valence-corrected chi connectivity index (χ0v) is 18.9. The molecule has 7 heteroatoms. The minimum absolute atomic E-state index is 0.0198. The number of nitrogens with zero attached hydrogens (tertiary/aromatic N) is 3. The average molecular weight is 427 g/mol. The predicted octanol–water partition coefficient (Wildman–Crippen LogP) is 3.95. The van der Waals surface area contributed by atoms with Gasteiger partial charge in [-0.3, -0.25) is 14.3 Å². The number of carbonyl (C=O) groups is 2. The highest BCUT2D eigenvalue weighted by Crippen LogP contribution is 2.21. The van der Waals surface area contributed by atoms with Crippen LogP contribution in [0.2, 0.25) is 0 Å². The normalized spacial score (nSPS) is 14.5. The topological polar surface area (TPSA) is 76.5 Å². The van der Waals surface area contributed by atoms with Gasteiger partial charge in [0.2, 0.25) is 11.8 Å². The zero-order chi connectivity index (χ0) is 22.2. The molecular weight excluding hydrogens is 392 g/mol. The quantitative estimate of drug-likeness (QED) is 0.616. The van der Waals surface area contributed by atoms with E-state index in [0.717, 1.165) is 36.4 Å². The summed E-state index contributed by atoms with van der Waals surface area (Å²) < 4.78 is 7.65. The summed E-state index contributed by atoms with van der Waals surface area (Å²) >= 11 is 0. The monoisotopic (exact) mass is 426 g/mol. The number of rotatable bonds is 9. The smallest absolute Gasteiger partial charge is 0.227 e. The molecular formula is C24H34N4O3. The molecule has 7 nitrogen and oxygen atoms in total. The number of unbranched alkanes of at least 4 members (excludes halogenated alkanes) is 1. The Labute approximate surface area is 184 Å². The lowest BCUT2D eigenvalue weighted by Crippen LogP contribution is -2.41. The number of anilines is 1. The van der Waals surface area contributed by atoms with Gasteiger partial charge in [-0.25, -0.2) is 0 Å². The molecule has 168 valence electrons. The van der Waals surface area contributed by atoms with Crippen molar-refractivity contribution in [2.75, 3.05) is 25.0 Å². The van der Waals surface area contributed by atoms with Gasteiger partial charge in [0.15, 0.2) is 0 Å². The molecule has 1 aliphatic heterocycles. The fourth-order valence-electron chi connectivity index (χ4n) is 3.82. The van der Waals surface area contributed by atoms with E-state index >= 15 is 0 Å². The van der Waals surface area contributed by atoms with Crippen LogP contribution in [0, 0.1) is 19.8 Å². The molecule has 2 aromatic rings. The fourth-order valence-corrected chi connectivity index (χ4v) is 3.82. The second kappa shape index (κ2) is 11.0. The Morgan fingerprint density at radius 1 is 1.19 bits per heavy atom. The molecule has 1 N–H and O–H groups in total.